The number of rotatable bonds is 0. The molecule has 0 bridgehead atoms. The van der Waals surface area contributed by atoms with Gasteiger partial charge in [0, 0.05) is 0 Å². The fraction of sp³-hybridized carbons (Fsp3) is 0. The summed E-state index contributed by atoms with van der Waals surface area (Å²) in [5.41, 5.74) is 0. The average molecular weight is 358 g/mol. The van der Waals surface area contributed by atoms with Crippen LogP contribution in [0, 0.1) is 0 Å². The third-order valence-corrected chi connectivity index (χ3v) is 1.55. The Morgan fingerprint density at radius 1 is 0.933 bits per heavy atom. The molecule has 0 aliphatic rings. The van der Waals surface area contributed by atoms with E-state index in [1.54, 1.807) is 0 Å². The number of halogens is 1. The van der Waals surface area contributed by atoms with E-state index >= 15 is 0 Å². The zero-order valence-electron chi connectivity index (χ0n) is 8.00. The van der Waals surface area contributed by atoms with Crippen LogP contribution in [0.25, 0.3) is 10.8 Å². The second-order valence-electron chi connectivity index (χ2n) is 2.15. The minimum absolute atomic E-state index is 0. The first-order valence-corrected chi connectivity index (χ1v) is 3.65. The molecule has 0 fully saturated rings. The molecule has 0 spiro atoms. The van der Waals surface area contributed by atoms with Gasteiger partial charge in [0.2, 0.25) is 0 Å². The molecule has 0 unspecified atom stereocenters. The smallest absolute Gasteiger partial charge is 1.00 e. The van der Waals surface area contributed by atoms with Gasteiger partial charge in [0.05, 0.1) is 0 Å². The molecular formula is C11H11FeIO2. The van der Waals surface area contributed by atoms with Gasteiger partial charge in [-0.25, -0.2) is 0 Å². The summed E-state index contributed by atoms with van der Waals surface area (Å²) in [4.78, 5) is 16.0. The predicted octanol–water partition coefficient (Wildman–Crippen LogP) is -0.810. The van der Waals surface area contributed by atoms with Crippen LogP contribution in [0.1, 0.15) is 0 Å². The summed E-state index contributed by atoms with van der Waals surface area (Å²) in [7, 11) is 0. The maximum atomic E-state index is 8.00. The Morgan fingerprint density at radius 3 is 2.00 bits per heavy atom. The molecule has 82 valence electrons. The summed E-state index contributed by atoms with van der Waals surface area (Å²) >= 11 is 0. The Labute approximate surface area is 117 Å². The molecule has 0 amide bonds. The molecule has 0 radical (unpaired) electrons. The molecule has 0 N–H and O–H groups in total. The Balaban J connectivity index is -0.000000218. The van der Waals surface area contributed by atoms with E-state index in [2.05, 4.69) is 42.5 Å². The van der Waals surface area contributed by atoms with Gasteiger partial charge in [-0.05, 0) is 0 Å². The van der Waals surface area contributed by atoms with Crippen LogP contribution in [0.4, 0.5) is 0 Å². The standard InChI is InChI=1S/C9H7.2CH2O.Fe.HI/c1-2-5-9-7-3-6-8(9)4-1;2*1-2;;/h1-7H;2*1H2;;1H/q-1;;;+2;/p-1. The zero-order chi connectivity index (χ0) is 10.1. The average Bonchev–Trinajstić information content (AvgIpc) is 2.71. The number of carbonyl (C=O) groups is 2. The summed E-state index contributed by atoms with van der Waals surface area (Å²) in [6.07, 6.45) is 0. The molecule has 0 aliphatic carbocycles. The number of hydrogen-bond donors (Lipinski definition) is 0. The van der Waals surface area contributed by atoms with Crippen LogP contribution >= 0.6 is 0 Å². The molecule has 0 aromatic heterocycles. The summed E-state index contributed by atoms with van der Waals surface area (Å²) in [6.45, 7) is 4.00. The monoisotopic (exact) mass is 358 g/mol. The summed E-state index contributed by atoms with van der Waals surface area (Å²) in [5.74, 6) is 0. The Kier molecular flexibility index (Phi) is 17.8. The van der Waals surface area contributed by atoms with E-state index in [1.807, 2.05) is 13.6 Å². The number of benzene rings is 1. The van der Waals surface area contributed by atoms with Crippen molar-refractivity contribution >= 4 is 24.4 Å². The van der Waals surface area contributed by atoms with E-state index in [1.165, 1.54) is 10.8 Å². The Morgan fingerprint density at radius 2 is 1.47 bits per heavy atom. The largest absolute Gasteiger partial charge is 2.00 e. The molecule has 0 saturated heterocycles. The first-order valence-electron chi connectivity index (χ1n) is 3.65. The van der Waals surface area contributed by atoms with Crippen LogP contribution in [0.3, 0.4) is 0 Å². The van der Waals surface area contributed by atoms with Gasteiger partial charge in [0.1, 0.15) is 13.6 Å². The van der Waals surface area contributed by atoms with Gasteiger partial charge in [-0.2, -0.15) is 17.5 Å². The van der Waals surface area contributed by atoms with Crippen molar-refractivity contribution in [2.24, 2.45) is 0 Å². The van der Waals surface area contributed by atoms with E-state index in [9.17, 15) is 0 Å². The minimum atomic E-state index is 0. The van der Waals surface area contributed by atoms with Crippen molar-refractivity contribution in [1.82, 2.24) is 0 Å². The van der Waals surface area contributed by atoms with Crippen LogP contribution in [-0.2, 0) is 26.7 Å². The molecule has 0 aliphatic heterocycles. The Bertz CT molecular complexity index is 317. The van der Waals surface area contributed by atoms with E-state index in [0.29, 0.717) is 0 Å². The van der Waals surface area contributed by atoms with Gasteiger partial charge in [0.25, 0.3) is 0 Å². The Hall–Kier alpha value is -0.581. The van der Waals surface area contributed by atoms with Crippen LogP contribution in [-0.4, -0.2) is 13.6 Å². The van der Waals surface area contributed by atoms with Crippen LogP contribution in [0.5, 0.6) is 0 Å². The molecule has 2 aromatic carbocycles. The topological polar surface area (TPSA) is 34.1 Å². The van der Waals surface area contributed by atoms with Crippen LogP contribution in [0.15, 0.2) is 42.5 Å². The number of fused-ring (bicyclic) bond motifs is 1. The molecule has 0 heterocycles. The van der Waals surface area contributed by atoms with E-state index in [4.69, 9.17) is 9.59 Å². The number of carbonyl (C=O) groups excluding carboxylic acids is 2. The fourth-order valence-electron chi connectivity index (χ4n) is 1.07. The molecule has 15 heavy (non-hydrogen) atoms. The summed E-state index contributed by atoms with van der Waals surface area (Å²) < 4.78 is 0. The van der Waals surface area contributed by atoms with Gasteiger partial charge < -0.3 is 33.6 Å². The fourth-order valence-corrected chi connectivity index (χ4v) is 1.07. The minimum Gasteiger partial charge on any atom is -1.00 e. The van der Waals surface area contributed by atoms with Crippen molar-refractivity contribution in [1.29, 1.82) is 0 Å². The first-order chi connectivity index (χ1) is 6.47. The molecule has 2 aromatic rings. The van der Waals surface area contributed by atoms with Crippen molar-refractivity contribution < 1.29 is 50.6 Å². The first kappa shape index (κ1) is 19.9. The van der Waals surface area contributed by atoms with E-state index in [-0.39, 0.29) is 41.0 Å². The van der Waals surface area contributed by atoms with Crippen molar-refractivity contribution in [2.45, 2.75) is 0 Å². The molecular weight excluding hydrogens is 347 g/mol. The van der Waals surface area contributed by atoms with Gasteiger partial charge in [0.15, 0.2) is 0 Å². The quantitative estimate of drug-likeness (QED) is 0.351. The van der Waals surface area contributed by atoms with Crippen LogP contribution in [0.2, 0.25) is 0 Å². The molecule has 2 rings (SSSR count). The van der Waals surface area contributed by atoms with Crippen molar-refractivity contribution in [2.75, 3.05) is 0 Å². The molecule has 2 nitrogen and oxygen atoms in total. The second-order valence-corrected chi connectivity index (χ2v) is 2.15. The molecule has 0 saturated carbocycles. The second kappa shape index (κ2) is 13.4. The van der Waals surface area contributed by atoms with Crippen LogP contribution < -0.4 is 24.0 Å². The zero-order valence-corrected chi connectivity index (χ0v) is 11.3. The normalized spacial score (nSPS) is 6.67. The predicted molar refractivity (Wildman–Crippen MR) is 53.8 cm³/mol. The van der Waals surface area contributed by atoms with Crippen molar-refractivity contribution in [3.63, 3.8) is 0 Å². The molecule has 4 heteroatoms. The van der Waals surface area contributed by atoms with E-state index in [0.717, 1.165) is 0 Å². The molecule has 0 atom stereocenters. The van der Waals surface area contributed by atoms with Gasteiger partial charge >= 0.3 is 17.1 Å². The maximum Gasteiger partial charge on any atom is 2.00 e. The third kappa shape index (κ3) is 6.49. The summed E-state index contributed by atoms with van der Waals surface area (Å²) in [6, 6.07) is 14.7. The number of hydrogen-bond acceptors (Lipinski definition) is 2. The van der Waals surface area contributed by atoms with Gasteiger partial charge in [-0.3, -0.25) is 0 Å². The van der Waals surface area contributed by atoms with Crippen molar-refractivity contribution in [3.05, 3.63) is 42.5 Å². The maximum absolute atomic E-state index is 8.00. The van der Waals surface area contributed by atoms with Gasteiger partial charge in [-0.1, -0.05) is 6.07 Å². The van der Waals surface area contributed by atoms with Gasteiger partial charge in [-0.15, -0.1) is 29.7 Å². The van der Waals surface area contributed by atoms with E-state index < -0.39 is 0 Å². The summed E-state index contributed by atoms with van der Waals surface area (Å²) in [5, 5.41) is 2.66. The van der Waals surface area contributed by atoms with Crippen molar-refractivity contribution in [3.8, 4) is 0 Å². The SMILES string of the molecule is C=O.C=O.[Fe+2].[I-].c1ccc2[cH-]ccc2c1. The third-order valence-electron chi connectivity index (χ3n) is 1.55.